The maximum atomic E-state index is 11.3. The molecule has 1 aromatic rings. The zero-order chi connectivity index (χ0) is 11.5. The van der Waals surface area contributed by atoms with Gasteiger partial charge in [0, 0.05) is 18.4 Å². The first-order valence-electron chi connectivity index (χ1n) is 5.80. The van der Waals surface area contributed by atoms with Crippen LogP contribution in [0.25, 0.3) is 0 Å². The molecule has 1 atom stereocenters. The van der Waals surface area contributed by atoms with Gasteiger partial charge in [-0.05, 0) is 37.3 Å². The summed E-state index contributed by atoms with van der Waals surface area (Å²) in [5.74, 6) is -0.191. The van der Waals surface area contributed by atoms with E-state index in [9.17, 15) is 4.79 Å². The van der Waals surface area contributed by atoms with Crippen molar-refractivity contribution in [2.24, 2.45) is 5.73 Å². The van der Waals surface area contributed by atoms with Gasteiger partial charge in [-0.15, -0.1) is 0 Å². The standard InChI is InChI=1S/C12H18N2O2/c1-2-16-12(15)8-14-6-9-4-3-5-11(13)10(9)7-14/h6-7,11H,2-5,8,13H2,1H3. The number of carbonyl (C=O) groups excluding carboxylic acids is 1. The summed E-state index contributed by atoms with van der Waals surface area (Å²) in [6, 6.07) is 0.132. The lowest BCUT2D eigenvalue weighted by Gasteiger charge is -2.17. The molecule has 0 fully saturated rings. The van der Waals surface area contributed by atoms with Crippen molar-refractivity contribution >= 4 is 5.97 Å². The Morgan fingerprint density at radius 3 is 3.12 bits per heavy atom. The molecule has 1 unspecified atom stereocenters. The Bertz CT molecular complexity index is 384. The number of fused-ring (bicyclic) bond motifs is 1. The Balaban J connectivity index is 2.09. The van der Waals surface area contributed by atoms with E-state index in [0.717, 1.165) is 19.3 Å². The van der Waals surface area contributed by atoms with E-state index in [-0.39, 0.29) is 18.6 Å². The first-order valence-corrected chi connectivity index (χ1v) is 5.80. The van der Waals surface area contributed by atoms with Gasteiger partial charge >= 0.3 is 5.97 Å². The highest BCUT2D eigenvalue weighted by atomic mass is 16.5. The van der Waals surface area contributed by atoms with Crippen LogP contribution in [0.4, 0.5) is 0 Å². The van der Waals surface area contributed by atoms with E-state index in [1.807, 2.05) is 23.9 Å². The number of aromatic nitrogens is 1. The Hall–Kier alpha value is -1.29. The van der Waals surface area contributed by atoms with E-state index in [2.05, 4.69) is 0 Å². The van der Waals surface area contributed by atoms with Crippen LogP contribution in [0.5, 0.6) is 0 Å². The molecule has 1 aliphatic carbocycles. The van der Waals surface area contributed by atoms with E-state index in [1.54, 1.807) is 0 Å². The Labute approximate surface area is 95.4 Å². The summed E-state index contributed by atoms with van der Waals surface area (Å²) in [7, 11) is 0. The van der Waals surface area contributed by atoms with Gasteiger partial charge in [0.15, 0.2) is 0 Å². The van der Waals surface area contributed by atoms with Crippen molar-refractivity contribution in [2.45, 2.75) is 38.8 Å². The highest BCUT2D eigenvalue weighted by molar-refractivity contribution is 5.69. The number of nitrogens with two attached hydrogens (primary N) is 1. The minimum atomic E-state index is -0.191. The summed E-state index contributed by atoms with van der Waals surface area (Å²) in [5.41, 5.74) is 8.49. The van der Waals surface area contributed by atoms with Crippen LogP contribution in [0.1, 0.15) is 36.9 Å². The maximum Gasteiger partial charge on any atom is 0.325 e. The first-order chi connectivity index (χ1) is 7.70. The van der Waals surface area contributed by atoms with Crippen molar-refractivity contribution in [1.82, 2.24) is 4.57 Å². The van der Waals surface area contributed by atoms with Crippen molar-refractivity contribution in [1.29, 1.82) is 0 Å². The highest BCUT2D eigenvalue weighted by Crippen LogP contribution is 2.28. The van der Waals surface area contributed by atoms with E-state index in [0.29, 0.717) is 6.61 Å². The van der Waals surface area contributed by atoms with E-state index >= 15 is 0 Å². The molecule has 88 valence electrons. The third-order valence-corrected chi connectivity index (χ3v) is 2.98. The second-order valence-electron chi connectivity index (χ2n) is 4.21. The van der Waals surface area contributed by atoms with Crippen LogP contribution in [0.15, 0.2) is 12.4 Å². The van der Waals surface area contributed by atoms with Gasteiger partial charge in [-0.3, -0.25) is 4.79 Å². The summed E-state index contributed by atoms with van der Waals surface area (Å²) in [6.45, 7) is 2.53. The number of esters is 1. The van der Waals surface area contributed by atoms with Crippen LogP contribution in [0.3, 0.4) is 0 Å². The first kappa shape index (κ1) is 11.2. The molecule has 16 heavy (non-hydrogen) atoms. The van der Waals surface area contributed by atoms with E-state index in [1.165, 1.54) is 11.1 Å². The molecule has 0 bridgehead atoms. The second-order valence-corrected chi connectivity index (χ2v) is 4.21. The lowest BCUT2D eigenvalue weighted by atomic mass is 9.92. The molecule has 2 rings (SSSR count). The Morgan fingerprint density at radius 1 is 1.62 bits per heavy atom. The molecule has 1 aromatic heterocycles. The van der Waals surface area contributed by atoms with E-state index < -0.39 is 0 Å². The molecule has 2 N–H and O–H groups in total. The molecule has 0 amide bonds. The quantitative estimate of drug-likeness (QED) is 0.786. The molecule has 0 aromatic carbocycles. The molecule has 1 aliphatic rings. The fourth-order valence-electron chi connectivity index (χ4n) is 2.23. The number of nitrogens with zero attached hydrogens (tertiary/aromatic N) is 1. The van der Waals surface area contributed by atoms with Gasteiger partial charge < -0.3 is 15.0 Å². The fraction of sp³-hybridized carbons (Fsp3) is 0.583. The number of carbonyl (C=O) groups is 1. The van der Waals surface area contributed by atoms with Gasteiger partial charge in [0.25, 0.3) is 0 Å². The number of hydrogen-bond acceptors (Lipinski definition) is 3. The van der Waals surface area contributed by atoms with Gasteiger partial charge in [0.2, 0.25) is 0 Å². The van der Waals surface area contributed by atoms with Crippen molar-refractivity contribution < 1.29 is 9.53 Å². The molecule has 0 radical (unpaired) electrons. The predicted octanol–water partition coefficient (Wildman–Crippen LogP) is 1.39. The van der Waals surface area contributed by atoms with E-state index in [4.69, 9.17) is 10.5 Å². The van der Waals surface area contributed by atoms with Gasteiger partial charge in [-0.1, -0.05) is 0 Å². The lowest BCUT2D eigenvalue weighted by Crippen LogP contribution is -2.15. The predicted molar refractivity (Wildman–Crippen MR) is 60.9 cm³/mol. The molecule has 1 heterocycles. The topological polar surface area (TPSA) is 57.2 Å². The van der Waals surface area contributed by atoms with Crippen LogP contribution in [-0.4, -0.2) is 17.1 Å². The monoisotopic (exact) mass is 222 g/mol. The second kappa shape index (κ2) is 4.70. The molecule has 4 heteroatoms. The Morgan fingerprint density at radius 2 is 2.44 bits per heavy atom. The van der Waals surface area contributed by atoms with Crippen LogP contribution in [-0.2, 0) is 22.5 Å². The minimum absolute atomic E-state index is 0.132. The normalized spacial score (nSPS) is 19.2. The highest BCUT2D eigenvalue weighted by Gasteiger charge is 2.19. The number of hydrogen-bond donors (Lipinski definition) is 1. The van der Waals surface area contributed by atoms with Crippen LogP contribution < -0.4 is 5.73 Å². The molecule has 0 spiro atoms. The van der Waals surface area contributed by atoms with Crippen LogP contribution in [0.2, 0.25) is 0 Å². The minimum Gasteiger partial charge on any atom is -0.465 e. The van der Waals surface area contributed by atoms with Gasteiger partial charge in [-0.2, -0.15) is 0 Å². The van der Waals surface area contributed by atoms with Crippen molar-refractivity contribution in [3.8, 4) is 0 Å². The molecule has 0 aliphatic heterocycles. The zero-order valence-corrected chi connectivity index (χ0v) is 9.61. The molecular weight excluding hydrogens is 204 g/mol. The van der Waals surface area contributed by atoms with Crippen LogP contribution >= 0.6 is 0 Å². The smallest absolute Gasteiger partial charge is 0.325 e. The summed E-state index contributed by atoms with van der Waals surface area (Å²) in [4.78, 5) is 11.3. The van der Waals surface area contributed by atoms with Crippen molar-refractivity contribution in [2.75, 3.05) is 6.61 Å². The maximum absolute atomic E-state index is 11.3. The van der Waals surface area contributed by atoms with Crippen LogP contribution in [0, 0.1) is 0 Å². The van der Waals surface area contributed by atoms with Gasteiger partial charge in [-0.25, -0.2) is 0 Å². The van der Waals surface area contributed by atoms with Gasteiger partial charge in [0.1, 0.15) is 6.54 Å². The third-order valence-electron chi connectivity index (χ3n) is 2.98. The Kier molecular flexibility index (Phi) is 3.29. The molecular formula is C12H18N2O2. The average Bonchev–Trinajstić information content (AvgIpc) is 2.62. The summed E-state index contributed by atoms with van der Waals surface area (Å²) < 4.78 is 6.80. The van der Waals surface area contributed by atoms with Gasteiger partial charge in [0.05, 0.1) is 6.61 Å². The summed E-state index contributed by atoms with van der Waals surface area (Å²) in [6.07, 6.45) is 7.24. The molecule has 0 saturated heterocycles. The lowest BCUT2D eigenvalue weighted by molar-refractivity contribution is -0.143. The fourth-order valence-corrected chi connectivity index (χ4v) is 2.23. The SMILES string of the molecule is CCOC(=O)Cn1cc2c(c1)C(N)CCC2. The zero-order valence-electron chi connectivity index (χ0n) is 9.61. The summed E-state index contributed by atoms with van der Waals surface area (Å²) in [5, 5.41) is 0. The number of aryl methyl sites for hydroxylation is 1. The largest absolute Gasteiger partial charge is 0.465 e. The average molecular weight is 222 g/mol. The van der Waals surface area contributed by atoms with Crippen molar-refractivity contribution in [3.63, 3.8) is 0 Å². The number of rotatable bonds is 3. The van der Waals surface area contributed by atoms with Crippen molar-refractivity contribution in [3.05, 3.63) is 23.5 Å². The third kappa shape index (κ3) is 2.27. The summed E-state index contributed by atoms with van der Waals surface area (Å²) >= 11 is 0. The molecule has 4 nitrogen and oxygen atoms in total. The molecule has 0 saturated carbocycles. The number of ether oxygens (including phenoxy) is 1.